The number of benzene rings is 1. The van der Waals surface area contributed by atoms with Gasteiger partial charge < -0.3 is 10.2 Å². The molecule has 0 radical (unpaired) electrons. The Kier molecular flexibility index (Phi) is 2.21. The standard InChI is InChI=1S/C10H6ClNO3/c11-9-4-7(10(14)15)6-3-5(13)1-2-8(6)12-9/h1-4,13H,(H,14,15). The van der Waals surface area contributed by atoms with Crippen LogP contribution >= 0.6 is 11.6 Å². The van der Waals surface area contributed by atoms with Gasteiger partial charge in [0, 0.05) is 5.39 Å². The van der Waals surface area contributed by atoms with Crippen LogP contribution in [0.5, 0.6) is 5.75 Å². The number of hydrogen-bond acceptors (Lipinski definition) is 3. The van der Waals surface area contributed by atoms with Crippen LogP contribution in [0, 0.1) is 0 Å². The zero-order valence-electron chi connectivity index (χ0n) is 7.44. The van der Waals surface area contributed by atoms with Gasteiger partial charge >= 0.3 is 5.97 Å². The molecule has 0 unspecified atom stereocenters. The molecule has 0 aliphatic carbocycles. The molecule has 0 amide bonds. The molecular formula is C10H6ClNO3. The number of fused-ring (bicyclic) bond motifs is 1. The van der Waals surface area contributed by atoms with Gasteiger partial charge in [-0.1, -0.05) is 11.6 Å². The maximum atomic E-state index is 10.9. The number of halogens is 1. The van der Waals surface area contributed by atoms with E-state index in [-0.39, 0.29) is 16.5 Å². The number of carboxylic acids is 1. The largest absolute Gasteiger partial charge is 0.508 e. The van der Waals surface area contributed by atoms with Crippen molar-refractivity contribution in [3.8, 4) is 5.75 Å². The Hall–Kier alpha value is -1.81. The number of pyridine rings is 1. The van der Waals surface area contributed by atoms with Gasteiger partial charge in [0.25, 0.3) is 0 Å². The number of phenolic OH excluding ortho intramolecular Hbond substituents is 1. The van der Waals surface area contributed by atoms with Gasteiger partial charge in [-0.25, -0.2) is 9.78 Å². The molecule has 5 heteroatoms. The van der Waals surface area contributed by atoms with Crippen LogP contribution in [0.25, 0.3) is 10.9 Å². The number of aromatic nitrogens is 1. The van der Waals surface area contributed by atoms with Crippen molar-refractivity contribution in [1.82, 2.24) is 4.98 Å². The van der Waals surface area contributed by atoms with E-state index in [0.29, 0.717) is 10.9 Å². The van der Waals surface area contributed by atoms with Crippen LogP contribution in [0.3, 0.4) is 0 Å². The smallest absolute Gasteiger partial charge is 0.336 e. The molecule has 0 saturated carbocycles. The molecule has 1 aromatic carbocycles. The van der Waals surface area contributed by atoms with E-state index >= 15 is 0 Å². The van der Waals surface area contributed by atoms with Gasteiger partial charge in [-0.3, -0.25) is 0 Å². The molecule has 0 spiro atoms. The second-order valence-electron chi connectivity index (χ2n) is 3.00. The lowest BCUT2D eigenvalue weighted by atomic mass is 10.1. The fourth-order valence-corrected chi connectivity index (χ4v) is 1.56. The number of rotatable bonds is 1. The van der Waals surface area contributed by atoms with E-state index in [1.807, 2.05) is 0 Å². The van der Waals surface area contributed by atoms with Gasteiger partial charge in [-0.15, -0.1) is 0 Å². The Balaban J connectivity index is 2.87. The zero-order chi connectivity index (χ0) is 11.0. The average molecular weight is 224 g/mol. The minimum Gasteiger partial charge on any atom is -0.508 e. The first-order chi connectivity index (χ1) is 7.08. The Labute approximate surface area is 89.8 Å². The predicted octanol–water partition coefficient (Wildman–Crippen LogP) is 2.29. The summed E-state index contributed by atoms with van der Waals surface area (Å²) in [5.74, 6) is -1.11. The first kappa shape index (κ1) is 9.73. The third-order valence-corrected chi connectivity index (χ3v) is 2.19. The topological polar surface area (TPSA) is 70.4 Å². The molecule has 0 bridgehead atoms. The molecule has 0 aliphatic rings. The number of nitrogens with zero attached hydrogens (tertiary/aromatic N) is 1. The summed E-state index contributed by atoms with van der Waals surface area (Å²) in [5, 5.41) is 18.7. The Bertz CT molecular complexity index is 554. The lowest BCUT2D eigenvalue weighted by Crippen LogP contribution is -1.98. The summed E-state index contributed by atoms with van der Waals surface area (Å²) < 4.78 is 0. The Morgan fingerprint density at radius 3 is 2.73 bits per heavy atom. The normalized spacial score (nSPS) is 10.5. The summed E-state index contributed by atoms with van der Waals surface area (Å²) in [6.07, 6.45) is 0. The van der Waals surface area contributed by atoms with Crippen LogP contribution < -0.4 is 0 Å². The number of aromatic carboxylic acids is 1. The molecule has 1 heterocycles. The highest BCUT2D eigenvalue weighted by Gasteiger charge is 2.11. The predicted molar refractivity (Wildman–Crippen MR) is 55.4 cm³/mol. The molecule has 0 aliphatic heterocycles. The molecule has 76 valence electrons. The highest BCUT2D eigenvalue weighted by molar-refractivity contribution is 6.30. The third-order valence-electron chi connectivity index (χ3n) is 1.99. The number of phenols is 1. The summed E-state index contributed by atoms with van der Waals surface area (Å²) in [7, 11) is 0. The van der Waals surface area contributed by atoms with E-state index < -0.39 is 5.97 Å². The number of carboxylic acid groups (broad SMARTS) is 1. The monoisotopic (exact) mass is 223 g/mol. The van der Waals surface area contributed by atoms with Gasteiger partial charge in [0.05, 0.1) is 11.1 Å². The second kappa shape index (κ2) is 3.40. The van der Waals surface area contributed by atoms with Crippen molar-refractivity contribution in [2.75, 3.05) is 0 Å². The maximum absolute atomic E-state index is 10.9. The summed E-state index contributed by atoms with van der Waals surface area (Å²) in [5.41, 5.74) is 0.471. The van der Waals surface area contributed by atoms with Gasteiger partial charge in [0.15, 0.2) is 0 Å². The summed E-state index contributed by atoms with van der Waals surface area (Å²) in [6, 6.07) is 5.55. The minimum absolute atomic E-state index is 0.00544. The van der Waals surface area contributed by atoms with Gasteiger partial charge in [0.1, 0.15) is 10.9 Å². The zero-order valence-corrected chi connectivity index (χ0v) is 8.19. The SMILES string of the molecule is O=C(O)c1cc(Cl)nc2ccc(O)cc12. The quantitative estimate of drug-likeness (QED) is 0.728. The second-order valence-corrected chi connectivity index (χ2v) is 3.39. The molecule has 2 rings (SSSR count). The van der Waals surface area contributed by atoms with Crippen molar-refractivity contribution in [1.29, 1.82) is 0 Å². The van der Waals surface area contributed by atoms with Crippen molar-refractivity contribution < 1.29 is 15.0 Å². The van der Waals surface area contributed by atoms with Crippen molar-refractivity contribution in [3.05, 3.63) is 35.0 Å². The first-order valence-electron chi connectivity index (χ1n) is 4.10. The van der Waals surface area contributed by atoms with E-state index in [0.717, 1.165) is 0 Å². The molecule has 2 aromatic rings. The van der Waals surface area contributed by atoms with Crippen molar-refractivity contribution >= 4 is 28.5 Å². The van der Waals surface area contributed by atoms with Crippen LogP contribution in [-0.4, -0.2) is 21.2 Å². The Morgan fingerprint density at radius 2 is 2.07 bits per heavy atom. The summed E-state index contributed by atoms with van der Waals surface area (Å²) in [6.45, 7) is 0. The lowest BCUT2D eigenvalue weighted by molar-refractivity contribution is 0.0699. The van der Waals surface area contributed by atoms with E-state index in [1.165, 1.54) is 24.3 Å². The third kappa shape index (κ3) is 1.71. The number of hydrogen-bond donors (Lipinski definition) is 2. The van der Waals surface area contributed by atoms with E-state index in [1.54, 1.807) is 0 Å². The fraction of sp³-hybridized carbons (Fsp3) is 0. The van der Waals surface area contributed by atoms with E-state index in [2.05, 4.69) is 4.98 Å². The van der Waals surface area contributed by atoms with Crippen LogP contribution in [0.2, 0.25) is 5.15 Å². The highest BCUT2D eigenvalue weighted by atomic mass is 35.5. The number of aromatic hydroxyl groups is 1. The van der Waals surface area contributed by atoms with Crippen LogP contribution in [0.4, 0.5) is 0 Å². The number of carbonyl (C=O) groups is 1. The molecule has 4 nitrogen and oxygen atoms in total. The van der Waals surface area contributed by atoms with Gasteiger partial charge in [-0.2, -0.15) is 0 Å². The molecule has 1 aromatic heterocycles. The fourth-order valence-electron chi connectivity index (χ4n) is 1.36. The maximum Gasteiger partial charge on any atom is 0.336 e. The van der Waals surface area contributed by atoms with Crippen LogP contribution in [0.15, 0.2) is 24.3 Å². The van der Waals surface area contributed by atoms with Crippen LogP contribution in [0.1, 0.15) is 10.4 Å². The molecule has 0 fully saturated rings. The summed E-state index contributed by atoms with van der Waals surface area (Å²) in [4.78, 5) is 14.9. The highest BCUT2D eigenvalue weighted by Crippen LogP contribution is 2.24. The molecule has 15 heavy (non-hydrogen) atoms. The van der Waals surface area contributed by atoms with Gasteiger partial charge in [-0.05, 0) is 24.3 Å². The van der Waals surface area contributed by atoms with Crippen molar-refractivity contribution in [2.45, 2.75) is 0 Å². The molecule has 2 N–H and O–H groups in total. The van der Waals surface area contributed by atoms with Gasteiger partial charge in [0.2, 0.25) is 0 Å². The van der Waals surface area contributed by atoms with E-state index in [9.17, 15) is 9.90 Å². The average Bonchev–Trinajstić information content (AvgIpc) is 2.17. The summed E-state index contributed by atoms with van der Waals surface area (Å²) >= 11 is 5.67. The van der Waals surface area contributed by atoms with Crippen LogP contribution in [-0.2, 0) is 0 Å². The van der Waals surface area contributed by atoms with E-state index in [4.69, 9.17) is 16.7 Å². The molecule has 0 saturated heterocycles. The Morgan fingerprint density at radius 1 is 1.33 bits per heavy atom. The molecule has 0 atom stereocenters. The minimum atomic E-state index is -1.10. The van der Waals surface area contributed by atoms with Crippen molar-refractivity contribution in [2.24, 2.45) is 0 Å². The first-order valence-corrected chi connectivity index (χ1v) is 4.48. The lowest BCUT2D eigenvalue weighted by Gasteiger charge is -2.03. The van der Waals surface area contributed by atoms with Crippen molar-refractivity contribution in [3.63, 3.8) is 0 Å². The molecular weight excluding hydrogens is 218 g/mol.